The minimum Gasteiger partial charge on any atom is -0.477 e. The number of carboxylic acids is 1. The number of aromatic carboxylic acids is 1. The minimum atomic E-state index is -1.04. The van der Waals surface area contributed by atoms with E-state index in [-0.39, 0.29) is 11.5 Å². The number of rotatable bonds is 2. The number of imidazole rings is 1. The number of aromatic nitrogens is 2. The summed E-state index contributed by atoms with van der Waals surface area (Å²) in [5.41, 5.74) is 1.55. The monoisotopic (exact) mass is 262 g/mol. The molecule has 0 aliphatic carbocycles. The highest BCUT2D eigenvalue weighted by Crippen LogP contribution is 2.27. The van der Waals surface area contributed by atoms with Gasteiger partial charge in [-0.05, 0) is 29.8 Å². The largest absolute Gasteiger partial charge is 0.477 e. The smallest absolute Gasteiger partial charge is 0.354 e. The van der Waals surface area contributed by atoms with E-state index in [1.807, 2.05) is 5.38 Å². The van der Waals surface area contributed by atoms with Crippen LogP contribution >= 0.6 is 11.3 Å². The maximum atomic E-state index is 12.9. The number of thiazole rings is 1. The lowest BCUT2D eigenvalue weighted by molar-refractivity contribution is 0.0689. The SMILES string of the molecule is O=C(O)c1cnc2scc(-c3ccc(F)cc3)n12. The van der Waals surface area contributed by atoms with Crippen molar-refractivity contribution in [2.45, 2.75) is 0 Å². The van der Waals surface area contributed by atoms with Crippen molar-refractivity contribution in [3.05, 3.63) is 47.4 Å². The summed E-state index contributed by atoms with van der Waals surface area (Å²) in [4.78, 5) is 15.7. The highest BCUT2D eigenvalue weighted by molar-refractivity contribution is 7.15. The van der Waals surface area contributed by atoms with Crippen molar-refractivity contribution in [3.63, 3.8) is 0 Å². The minimum absolute atomic E-state index is 0.102. The highest BCUT2D eigenvalue weighted by atomic mass is 32.1. The summed E-state index contributed by atoms with van der Waals surface area (Å²) < 4.78 is 14.4. The van der Waals surface area contributed by atoms with Crippen LogP contribution < -0.4 is 0 Å². The van der Waals surface area contributed by atoms with Crippen LogP contribution in [0.5, 0.6) is 0 Å². The fraction of sp³-hybridized carbons (Fsp3) is 0. The molecule has 90 valence electrons. The molecular weight excluding hydrogens is 255 g/mol. The van der Waals surface area contributed by atoms with Crippen LogP contribution in [0, 0.1) is 5.82 Å². The third-order valence-electron chi connectivity index (χ3n) is 2.61. The van der Waals surface area contributed by atoms with Gasteiger partial charge in [0, 0.05) is 5.38 Å². The third kappa shape index (κ3) is 1.58. The van der Waals surface area contributed by atoms with Crippen molar-refractivity contribution in [2.75, 3.05) is 0 Å². The molecule has 18 heavy (non-hydrogen) atoms. The number of carboxylic acid groups (broad SMARTS) is 1. The van der Waals surface area contributed by atoms with E-state index in [1.165, 1.54) is 29.7 Å². The zero-order valence-electron chi connectivity index (χ0n) is 9.00. The van der Waals surface area contributed by atoms with Crippen molar-refractivity contribution >= 4 is 22.3 Å². The van der Waals surface area contributed by atoms with Crippen LogP contribution in [0.2, 0.25) is 0 Å². The number of fused-ring (bicyclic) bond motifs is 1. The topological polar surface area (TPSA) is 54.6 Å². The van der Waals surface area contributed by atoms with Crippen LogP contribution in [0.3, 0.4) is 0 Å². The molecule has 0 amide bonds. The van der Waals surface area contributed by atoms with Crippen molar-refractivity contribution in [2.24, 2.45) is 0 Å². The van der Waals surface area contributed by atoms with Gasteiger partial charge in [0.1, 0.15) is 5.82 Å². The quantitative estimate of drug-likeness (QED) is 0.772. The fourth-order valence-corrected chi connectivity index (χ4v) is 2.65. The number of hydrogen-bond donors (Lipinski definition) is 1. The van der Waals surface area contributed by atoms with Crippen LogP contribution in [0.4, 0.5) is 4.39 Å². The first-order valence-corrected chi connectivity index (χ1v) is 5.99. The molecule has 3 rings (SSSR count). The van der Waals surface area contributed by atoms with Gasteiger partial charge in [-0.15, -0.1) is 11.3 Å². The molecule has 0 atom stereocenters. The summed E-state index contributed by atoms with van der Waals surface area (Å²) in [6, 6.07) is 5.91. The Bertz CT molecular complexity index is 730. The normalized spacial score (nSPS) is 10.9. The Labute approximate surface area is 105 Å². The van der Waals surface area contributed by atoms with E-state index in [9.17, 15) is 9.18 Å². The molecule has 6 heteroatoms. The molecule has 0 saturated heterocycles. The number of carbonyl (C=O) groups is 1. The third-order valence-corrected chi connectivity index (χ3v) is 3.45. The molecule has 1 aromatic carbocycles. The second-order valence-electron chi connectivity index (χ2n) is 3.69. The van der Waals surface area contributed by atoms with Crippen LogP contribution in [0.25, 0.3) is 16.2 Å². The van der Waals surface area contributed by atoms with Gasteiger partial charge in [-0.1, -0.05) is 0 Å². The van der Waals surface area contributed by atoms with Gasteiger partial charge in [-0.3, -0.25) is 4.40 Å². The van der Waals surface area contributed by atoms with Gasteiger partial charge >= 0.3 is 5.97 Å². The summed E-state index contributed by atoms with van der Waals surface area (Å²) >= 11 is 1.35. The molecule has 0 radical (unpaired) electrons. The summed E-state index contributed by atoms with van der Waals surface area (Å²) in [5.74, 6) is -1.36. The predicted molar refractivity (Wildman–Crippen MR) is 65.4 cm³/mol. The van der Waals surface area contributed by atoms with Crippen molar-refractivity contribution in [1.29, 1.82) is 0 Å². The van der Waals surface area contributed by atoms with Crippen LogP contribution in [-0.2, 0) is 0 Å². The Kier molecular flexibility index (Phi) is 2.38. The molecule has 0 aliphatic rings. The van der Waals surface area contributed by atoms with Gasteiger partial charge in [0.2, 0.25) is 0 Å². The summed E-state index contributed by atoms with van der Waals surface area (Å²) in [5, 5.41) is 10.9. The second-order valence-corrected chi connectivity index (χ2v) is 4.53. The molecule has 2 heterocycles. The standard InChI is InChI=1S/C12H7FN2O2S/c13-8-3-1-7(2-4-8)10-6-18-12-14-5-9(11(16)17)15(10)12/h1-6H,(H,16,17). The maximum absolute atomic E-state index is 12.9. The zero-order chi connectivity index (χ0) is 12.7. The second kappa shape index (κ2) is 3.92. The lowest BCUT2D eigenvalue weighted by atomic mass is 10.2. The predicted octanol–water partition coefficient (Wildman–Crippen LogP) is 2.90. The zero-order valence-corrected chi connectivity index (χ0v) is 9.82. The van der Waals surface area contributed by atoms with Crippen molar-refractivity contribution < 1.29 is 14.3 Å². The molecule has 2 aromatic heterocycles. The van der Waals surface area contributed by atoms with Gasteiger partial charge in [0.15, 0.2) is 10.7 Å². The Morgan fingerprint density at radius 2 is 2.06 bits per heavy atom. The molecule has 0 aliphatic heterocycles. The Balaban J connectivity index is 2.25. The average molecular weight is 262 g/mol. The fourth-order valence-electron chi connectivity index (χ4n) is 1.78. The molecular formula is C12H7FN2O2S. The van der Waals surface area contributed by atoms with Crippen molar-refractivity contribution in [3.8, 4) is 11.3 Å². The first kappa shape index (κ1) is 10.9. The maximum Gasteiger partial charge on any atom is 0.354 e. The Hall–Kier alpha value is -2.21. The lowest BCUT2D eigenvalue weighted by Crippen LogP contribution is -2.01. The molecule has 3 aromatic rings. The first-order chi connectivity index (χ1) is 8.66. The Morgan fingerprint density at radius 3 is 2.72 bits per heavy atom. The molecule has 0 bridgehead atoms. The van der Waals surface area contributed by atoms with E-state index in [0.29, 0.717) is 10.7 Å². The van der Waals surface area contributed by atoms with Crippen LogP contribution in [0.15, 0.2) is 35.8 Å². The van der Waals surface area contributed by atoms with Crippen LogP contribution in [-0.4, -0.2) is 20.5 Å². The van der Waals surface area contributed by atoms with Crippen LogP contribution in [0.1, 0.15) is 10.5 Å². The van der Waals surface area contributed by atoms with Gasteiger partial charge < -0.3 is 5.11 Å². The molecule has 0 spiro atoms. The van der Waals surface area contributed by atoms with Gasteiger partial charge in [-0.25, -0.2) is 14.2 Å². The molecule has 0 unspecified atom stereocenters. The molecule has 0 saturated carbocycles. The summed E-state index contributed by atoms with van der Waals surface area (Å²) in [6.45, 7) is 0. The summed E-state index contributed by atoms with van der Waals surface area (Å²) in [7, 11) is 0. The van der Waals surface area contributed by atoms with E-state index >= 15 is 0 Å². The average Bonchev–Trinajstić information content (AvgIpc) is 2.90. The van der Waals surface area contributed by atoms with E-state index in [0.717, 1.165) is 5.56 Å². The molecule has 1 N–H and O–H groups in total. The van der Waals surface area contributed by atoms with E-state index in [2.05, 4.69) is 4.98 Å². The van der Waals surface area contributed by atoms with E-state index < -0.39 is 5.97 Å². The van der Waals surface area contributed by atoms with E-state index in [4.69, 9.17) is 5.11 Å². The molecule has 0 fully saturated rings. The number of benzene rings is 1. The highest BCUT2D eigenvalue weighted by Gasteiger charge is 2.16. The number of halogens is 1. The van der Waals surface area contributed by atoms with Gasteiger partial charge in [-0.2, -0.15) is 0 Å². The van der Waals surface area contributed by atoms with E-state index in [1.54, 1.807) is 16.5 Å². The molecule has 4 nitrogen and oxygen atoms in total. The lowest BCUT2D eigenvalue weighted by Gasteiger charge is -2.01. The first-order valence-electron chi connectivity index (χ1n) is 5.11. The number of hydrogen-bond acceptors (Lipinski definition) is 3. The van der Waals surface area contributed by atoms with Gasteiger partial charge in [0.25, 0.3) is 0 Å². The van der Waals surface area contributed by atoms with Gasteiger partial charge in [0.05, 0.1) is 11.9 Å². The summed E-state index contributed by atoms with van der Waals surface area (Å²) in [6.07, 6.45) is 1.32. The number of nitrogens with zero attached hydrogens (tertiary/aromatic N) is 2. The Morgan fingerprint density at radius 1 is 1.33 bits per heavy atom. The van der Waals surface area contributed by atoms with Crippen molar-refractivity contribution in [1.82, 2.24) is 9.38 Å².